The average molecular weight is 128 g/mol. The Labute approximate surface area is 53.7 Å². The van der Waals surface area contributed by atoms with Crippen molar-refractivity contribution in [2.45, 2.75) is 19.9 Å². The topological polar surface area (TPSA) is 9.23 Å². The molecule has 1 nitrogen and oxygen atoms in total. The van der Waals surface area contributed by atoms with Crippen LogP contribution in [0.1, 0.15) is 13.8 Å². The van der Waals surface area contributed by atoms with Crippen LogP contribution in [0.5, 0.6) is 0 Å². The van der Waals surface area contributed by atoms with Gasteiger partial charge in [-0.1, -0.05) is 5.57 Å². The lowest BCUT2D eigenvalue weighted by Crippen LogP contribution is -1.96. The molecule has 0 aromatic carbocycles. The van der Waals surface area contributed by atoms with Crippen LogP contribution in [0.4, 0.5) is 0 Å². The van der Waals surface area contributed by atoms with E-state index >= 15 is 0 Å². The Hall–Kier alpha value is -0.0831. The van der Waals surface area contributed by atoms with E-state index in [1.165, 1.54) is 5.57 Å². The van der Waals surface area contributed by atoms with Crippen molar-refractivity contribution < 1.29 is 4.43 Å². The maximum atomic E-state index is 5.11. The van der Waals surface area contributed by atoms with Gasteiger partial charge in [-0.2, -0.15) is 0 Å². The zero-order chi connectivity index (χ0) is 6.41. The molecular weight excluding hydrogens is 116 g/mol. The highest BCUT2D eigenvalue weighted by molar-refractivity contribution is 6.28. The predicted molar refractivity (Wildman–Crippen MR) is 37.0 cm³/mol. The maximum absolute atomic E-state index is 5.11. The molecule has 8 heavy (non-hydrogen) atoms. The molecule has 0 aromatic rings. The van der Waals surface area contributed by atoms with E-state index in [1.807, 2.05) is 13.8 Å². The summed E-state index contributed by atoms with van der Waals surface area (Å²) in [4.78, 5) is 0. The third-order valence-electron chi connectivity index (χ3n) is 0.620. The fraction of sp³-hybridized carbons (Fsp3) is 0.667. The second kappa shape index (κ2) is 5.06. The molecule has 0 rings (SSSR count). The van der Waals surface area contributed by atoms with Crippen molar-refractivity contribution in [2.75, 3.05) is 6.61 Å². The highest BCUT2D eigenvalue weighted by Gasteiger charge is 1.87. The van der Waals surface area contributed by atoms with Crippen molar-refractivity contribution in [3.05, 3.63) is 12.2 Å². The first-order valence-electron chi connectivity index (χ1n) is 2.76. The molecule has 0 fully saturated rings. The molecule has 2 radical (unpaired) electrons. The van der Waals surface area contributed by atoms with E-state index < -0.39 is 0 Å². The average Bonchev–Trinajstić information content (AvgIpc) is 1.66. The molecule has 0 heterocycles. The molecule has 0 saturated carbocycles. The van der Waals surface area contributed by atoms with E-state index in [1.54, 1.807) is 0 Å². The van der Waals surface area contributed by atoms with Gasteiger partial charge in [0.25, 0.3) is 0 Å². The van der Waals surface area contributed by atoms with Crippen LogP contribution in [-0.2, 0) is 4.43 Å². The molecule has 0 aliphatic heterocycles. The Kier molecular flexibility index (Phi) is 5.01. The van der Waals surface area contributed by atoms with Crippen LogP contribution in [-0.4, -0.2) is 16.4 Å². The summed E-state index contributed by atoms with van der Waals surface area (Å²) in [5.74, 6) is 0. The summed E-state index contributed by atoms with van der Waals surface area (Å²) >= 11 is 0. The summed E-state index contributed by atoms with van der Waals surface area (Å²) in [6.07, 6.45) is 0. The van der Waals surface area contributed by atoms with E-state index in [4.69, 9.17) is 4.43 Å². The Morgan fingerprint density at radius 3 is 2.75 bits per heavy atom. The van der Waals surface area contributed by atoms with Gasteiger partial charge in [-0.15, -0.1) is 6.58 Å². The largest absolute Gasteiger partial charge is 0.417 e. The van der Waals surface area contributed by atoms with Crippen LogP contribution >= 0.6 is 0 Å². The van der Waals surface area contributed by atoms with Crippen molar-refractivity contribution in [1.29, 1.82) is 0 Å². The van der Waals surface area contributed by atoms with Gasteiger partial charge in [-0.3, -0.25) is 0 Å². The van der Waals surface area contributed by atoms with E-state index in [0.29, 0.717) is 9.76 Å². The molecule has 0 bridgehead atoms. The second-order valence-electron chi connectivity index (χ2n) is 1.71. The van der Waals surface area contributed by atoms with Gasteiger partial charge >= 0.3 is 0 Å². The van der Waals surface area contributed by atoms with Crippen molar-refractivity contribution in [3.8, 4) is 0 Å². The first-order valence-corrected chi connectivity index (χ1v) is 3.88. The molecule has 2 heteroatoms. The van der Waals surface area contributed by atoms with Gasteiger partial charge in [0.05, 0.1) is 0 Å². The van der Waals surface area contributed by atoms with E-state index in [9.17, 15) is 0 Å². The standard InChI is InChI=1S/C6H12OSi/c1-4-7-8-5-6(2)3/h2,4-5H2,1,3H3. The first kappa shape index (κ1) is 7.92. The molecular formula is C6H12OSi. The van der Waals surface area contributed by atoms with Crippen LogP contribution in [0.25, 0.3) is 0 Å². The van der Waals surface area contributed by atoms with Crippen molar-refractivity contribution in [2.24, 2.45) is 0 Å². The lowest BCUT2D eigenvalue weighted by Gasteiger charge is -1.95. The van der Waals surface area contributed by atoms with Gasteiger partial charge < -0.3 is 4.43 Å². The summed E-state index contributed by atoms with van der Waals surface area (Å²) in [6, 6.07) is 1.02. The fourth-order valence-corrected chi connectivity index (χ4v) is 0.829. The molecule has 0 unspecified atom stereocenters. The highest BCUT2D eigenvalue weighted by Crippen LogP contribution is 1.93. The fourth-order valence-electron chi connectivity index (χ4n) is 0.276. The summed E-state index contributed by atoms with van der Waals surface area (Å²) < 4.78 is 5.11. The summed E-state index contributed by atoms with van der Waals surface area (Å²) in [6.45, 7) is 8.60. The third kappa shape index (κ3) is 5.92. The van der Waals surface area contributed by atoms with Crippen LogP contribution < -0.4 is 0 Å². The minimum Gasteiger partial charge on any atom is -0.417 e. The normalized spacial score (nSPS) is 9.25. The van der Waals surface area contributed by atoms with E-state index in [0.717, 1.165) is 12.7 Å². The van der Waals surface area contributed by atoms with Crippen LogP contribution in [0, 0.1) is 0 Å². The number of hydrogen-bond acceptors (Lipinski definition) is 1. The zero-order valence-corrected chi connectivity index (χ0v) is 6.53. The third-order valence-corrected chi connectivity index (χ3v) is 1.86. The van der Waals surface area contributed by atoms with E-state index in [-0.39, 0.29) is 0 Å². The van der Waals surface area contributed by atoms with Crippen LogP contribution in [0.15, 0.2) is 12.2 Å². The predicted octanol–water partition coefficient (Wildman–Crippen LogP) is 1.64. The van der Waals surface area contributed by atoms with Crippen LogP contribution in [0.3, 0.4) is 0 Å². The lowest BCUT2D eigenvalue weighted by molar-refractivity contribution is 0.361. The molecule has 0 amide bonds. The van der Waals surface area contributed by atoms with Crippen LogP contribution in [0.2, 0.25) is 6.04 Å². The minimum atomic E-state index is 0.613. The number of rotatable bonds is 4. The van der Waals surface area contributed by atoms with Gasteiger partial charge in [0.15, 0.2) is 0 Å². The van der Waals surface area contributed by atoms with Gasteiger partial charge in [-0.25, -0.2) is 0 Å². The molecule has 0 atom stereocenters. The Morgan fingerprint density at radius 1 is 1.75 bits per heavy atom. The van der Waals surface area contributed by atoms with Gasteiger partial charge in [0.1, 0.15) is 0 Å². The molecule has 0 aliphatic carbocycles. The smallest absolute Gasteiger partial charge is 0.233 e. The van der Waals surface area contributed by atoms with Gasteiger partial charge in [0.2, 0.25) is 9.76 Å². The maximum Gasteiger partial charge on any atom is 0.233 e. The highest BCUT2D eigenvalue weighted by atomic mass is 28.2. The molecule has 46 valence electrons. The SMILES string of the molecule is C=C(C)C[Si]OCC. The van der Waals surface area contributed by atoms with Gasteiger partial charge in [0, 0.05) is 6.61 Å². The molecule has 0 aromatic heterocycles. The van der Waals surface area contributed by atoms with Crippen molar-refractivity contribution in [1.82, 2.24) is 0 Å². The zero-order valence-electron chi connectivity index (χ0n) is 5.53. The first-order chi connectivity index (χ1) is 3.77. The quantitative estimate of drug-likeness (QED) is 0.318. The van der Waals surface area contributed by atoms with E-state index in [2.05, 4.69) is 6.58 Å². The number of hydrogen-bond donors (Lipinski definition) is 0. The molecule has 0 saturated heterocycles. The summed E-state index contributed by atoms with van der Waals surface area (Å²) in [5.41, 5.74) is 1.21. The molecule has 0 N–H and O–H groups in total. The van der Waals surface area contributed by atoms with Crippen molar-refractivity contribution in [3.63, 3.8) is 0 Å². The Morgan fingerprint density at radius 2 is 2.38 bits per heavy atom. The Balaban J connectivity index is 2.82. The molecule has 0 spiro atoms. The Bertz CT molecular complexity index is 70.9. The lowest BCUT2D eigenvalue weighted by atomic mass is 10.4. The van der Waals surface area contributed by atoms with Crippen molar-refractivity contribution >= 4 is 9.76 Å². The minimum absolute atomic E-state index is 0.613. The second-order valence-corrected chi connectivity index (χ2v) is 2.64. The summed E-state index contributed by atoms with van der Waals surface area (Å²) in [5, 5.41) is 0. The summed E-state index contributed by atoms with van der Waals surface area (Å²) in [7, 11) is 0.613. The monoisotopic (exact) mass is 128 g/mol. The number of allylic oxidation sites excluding steroid dienone is 1. The van der Waals surface area contributed by atoms with Gasteiger partial charge in [-0.05, 0) is 19.9 Å². The molecule has 0 aliphatic rings.